The van der Waals surface area contributed by atoms with Gasteiger partial charge in [0.05, 0.1) is 12.2 Å². The SMILES string of the molecule is Oc1ccc(CCC(O)CC(O)CCc2cccc(O)c2)cc1. The molecule has 0 spiro atoms. The number of aliphatic hydroxyl groups is 2. The van der Waals surface area contributed by atoms with E-state index in [4.69, 9.17) is 0 Å². The topological polar surface area (TPSA) is 80.9 Å². The first-order chi connectivity index (χ1) is 11.0. The summed E-state index contributed by atoms with van der Waals surface area (Å²) in [5.41, 5.74) is 2.03. The summed E-state index contributed by atoms with van der Waals surface area (Å²) < 4.78 is 0. The Morgan fingerprint density at radius 2 is 1.30 bits per heavy atom. The number of rotatable bonds is 8. The van der Waals surface area contributed by atoms with Crippen LogP contribution in [0.3, 0.4) is 0 Å². The Balaban J connectivity index is 1.69. The minimum absolute atomic E-state index is 0.228. The summed E-state index contributed by atoms with van der Waals surface area (Å²) in [5.74, 6) is 0.461. The van der Waals surface area contributed by atoms with Crippen LogP contribution in [-0.2, 0) is 12.8 Å². The van der Waals surface area contributed by atoms with Crippen molar-refractivity contribution >= 4 is 0 Å². The molecule has 0 amide bonds. The largest absolute Gasteiger partial charge is 0.508 e. The molecule has 0 saturated heterocycles. The summed E-state index contributed by atoms with van der Waals surface area (Å²) in [6.07, 6.45) is 1.74. The first-order valence-corrected chi connectivity index (χ1v) is 7.95. The summed E-state index contributed by atoms with van der Waals surface area (Å²) >= 11 is 0. The Labute approximate surface area is 136 Å². The number of hydrogen-bond acceptors (Lipinski definition) is 4. The fraction of sp³-hybridized carbons (Fsp3) is 0.368. The summed E-state index contributed by atoms with van der Waals surface area (Å²) in [5, 5.41) is 38.7. The van der Waals surface area contributed by atoms with E-state index in [0.717, 1.165) is 11.1 Å². The van der Waals surface area contributed by atoms with Gasteiger partial charge in [-0.3, -0.25) is 0 Å². The molecule has 4 N–H and O–H groups in total. The minimum atomic E-state index is -0.563. The number of hydrogen-bond donors (Lipinski definition) is 4. The molecule has 2 rings (SSSR count). The van der Waals surface area contributed by atoms with Gasteiger partial charge in [-0.25, -0.2) is 0 Å². The van der Waals surface area contributed by atoms with Gasteiger partial charge in [0.25, 0.3) is 0 Å². The van der Waals surface area contributed by atoms with Crippen molar-refractivity contribution in [2.75, 3.05) is 0 Å². The van der Waals surface area contributed by atoms with Crippen LogP contribution < -0.4 is 0 Å². The third-order valence-corrected chi connectivity index (χ3v) is 3.92. The highest BCUT2D eigenvalue weighted by molar-refractivity contribution is 5.27. The van der Waals surface area contributed by atoms with E-state index >= 15 is 0 Å². The molecule has 0 aliphatic heterocycles. The maximum atomic E-state index is 10.0. The number of aryl methyl sites for hydroxylation is 2. The van der Waals surface area contributed by atoms with Crippen molar-refractivity contribution < 1.29 is 20.4 Å². The van der Waals surface area contributed by atoms with E-state index < -0.39 is 12.2 Å². The normalized spacial score (nSPS) is 13.7. The van der Waals surface area contributed by atoms with Gasteiger partial charge in [-0.1, -0.05) is 24.3 Å². The molecule has 2 aromatic rings. The summed E-state index contributed by atoms with van der Waals surface area (Å²) in [4.78, 5) is 0. The molecule has 4 heteroatoms. The van der Waals surface area contributed by atoms with Gasteiger partial charge in [-0.15, -0.1) is 0 Å². The van der Waals surface area contributed by atoms with Gasteiger partial charge in [0, 0.05) is 0 Å². The average molecular weight is 316 g/mol. The predicted molar refractivity (Wildman–Crippen MR) is 89.5 cm³/mol. The van der Waals surface area contributed by atoms with E-state index in [1.807, 2.05) is 18.2 Å². The van der Waals surface area contributed by atoms with E-state index in [-0.39, 0.29) is 11.5 Å². The first-order valence-electron chi connectivity index (χ1n) is 7.95. The highest BCUT2D eigenvalue weighted by Gasteiger charge is 2.12. The van der Waals surface area contributed by atoms with Crippen molar-refractivity contribution in [1.29, 1.82) is 0 Å². The maximum absolute atomic E-state index is 10.0. The smallest absolute Gasteiger partial charge is 0.115 e. The van der Waals surface area contributed by atoms with Crippen LogP contribution in [0.5, 0.6) is 11.5 Å². The fourth-order valence-corrected chi connectivity index (χ4v) is 2.59. The molecule has 23 heavy (non-hydrogen) atoms. The molecule has 2 unspecified atom stereocenters. The van der Waals surface area contributed by atoms with Gasteiger partial charge in [0.1, 0.15) is 11.5 Å². The lowest BCUT2D eigenvalue weighted by atomic mass is 9.99. The highest BCUT2D eigenvalue weighted by atomic mass is 16.3. The summed E-state index contributed by atoms with van der Waals surface area (Å²) in [6.45, 7) is 0. The lowest BCUT2D eigenvalue weighted by molar-refractivity contribution is 0.0714. The molecular weight excluding hydrogens is 292 g/mol. The van der Waals surface area contributed by atoms with E-state index in [0.29, 0.717) is 32.1 Å². The Morgan fingerprint density at radius 3 is 1.91 bits per heavy atom. The second kappa shape index (κ2) is 8.56. The van der Waals surface area contributed by atoms with E-state index in [2.05, 4.69) is 0 Å². The number of phenols is 2. The van der Waals surface area contributed by atoms with Crippen molar-refractivity contribution in [3.8, 4) is 11.5 Å². The zero-order valence-corrected chi connectivity index (χ0v) is 13.1. The molecule has 0 heterocycles. The third kappa shape index (κ3) is 6.30. The Bertz CT molecular complexity index is 595. The van der Waals surface area contributed by atoms with Crippen molar-refractivity contribution in [3.05, 3.63) is 59.7 Å². The Hall–Kier alpha value is -2.04. The standard InChI is InChI=1S/C19H24O4/c20-16-8-4-14(5-9-16)6-10-18(22)13-19(23)11-7-15-2-1-3-17(21)12-15/h1-5,8-9,12,18-23H,6-7,10-11,13H2. The van der Waals surface area contributed by atoms with Crippen LogP contribution in [-0.4, -0.2) is 32.6 Å². The second-order valence-corrected chi connectivity index (χ2v) is 5.96. The second-order valence-electron chi connectivity index (χ2n) is 5.96. The van der Waals surface area contributed by atoms with Crippen LogP contribution >= 0.6 is 0 Å². The minimum Gasteiger partial charge on any atom is -0.508 e. The third-order valence-electron chi connectivity index (χ3n) is 3.92. The van der Waals surface area contributed by atoms with Gasteiger partial charge in [0.2, 0.25) is 0 Å². The van der Waals surface area contributed by atoms with Gasteiger partial charge >= 0.3 is 0 Å². The van der Waals surface area contributed by atoms with Crippen LogP contribution in [0.25, 0.3) is 0 Å². The van der Waals surface area contributed by atoms with Crippen LogP contribution in [0, 0.1) is 0 Å². The molecule has 2 aromatic carbocycles. The number of phenolic OH excluding ortho intramolecular Hbond substituents is 2. The van der Waals surface area contributed by atoms with E-state index in [1.54, 1.807) is 30.3 Å². The fourth-order valence-electron chi connectivity index (χ4n) is 2.59. The van der Waals surface area contributed by atoms with E-state index in [1.165, 1.54) is 0 Å². The van der Waals surface area contributed by atoms with Gasteiger partial charge < -0.3 is 20.4 Å². The Morgan fingerprint density at radius 1 is 0.696 bits per heavy atom. The number of aliphatic hydroxyl groups excluding tert-OH is 2. The van der Waals surface area contributed by atoms with Crippen LogP contribution in [0.4, 0.5) is 0 Å². The molecule has 0 aromatic heterocycles. The molecule has 0 aliphatic rings. The molecule has 124 valence electrons. The molecule has 4 nitrogen and oxygen atoms in total. The van der Waals surface area contributed by atoms with Crippen LogP contribution in [0.2, 0.25) is 0 Å². The molecule has 2 atom stereocenters. The van der Waals surface area contributed by atoms with Gasteiger partial charge in [0.15, 0.2) is 0 Å². The molecule has 0 fully saturated rings. The quantitative estimate of drug-likeness (QED) is 0.604. The summed E-state index contributed by atoms with van der Waals surface area (Å²) in [6, 6.07) is 13.9. The predicted octanol–water partition coefficient (Wildman–Crippen LogP) is 2.78. The van der Waals surface area contributed by atoms with Crippen LogP contribution in [0.15, 0.2) is 48.5 Å². The van der Waals surface area contributed by atoms with E-state index in [9.17, 15) is 20.4 Å². The zero-order chi connectivity index (χ0) is 16.7. The maximum Gasteiger partial charge on any atom is 0.115 e. The lowest BCUT2D eigenvalue weighted by Crippen LogP contribution is -2.19. The lowest BCUT2D eigenvalue weighted by Gasteiger charge is -2.16. The monoisotopic (exact) mass is 316 g/mol. The van der Waals surface area contributed by atoms with Crippen molar-refractivity contribution in [2.45, 2.75) is 44.3 Å². The molecule has 0 saturated carbocycles. The van der Waals surface area contributed by atoms with Gasteiger partial charge in [-0.05, 0) is 67.5 Å². The number of benzene rings is 2. The molecular formula is C19H24O4. The average Bonchev–Trinajstić information content (AvgIpc) is 2.52. The van der Waals surface area contributed by atoms with Crippen molar-refractivity contribution in [2.24, 2.45) is 0 Å². The number of aromatic hydroxyl groups is 2. The van der Waals surface area contributed by atoms with Crippen LogP contribution in [0.1, 0.15) is 30.4 Å². The Kier molecular flexibility index (Phi) is 6.44. The van der Waals surface area contributed by atoms with Crippen molar-refractivity contribution in [1.82, 2.24) is 0 Å². The van der Waals surface area contributed by atoms with Crippen molar-refractivity contribution in [3.63, 3.8) is 0 Å². The highest BCUT2D eigenvalue weighted by Crippen LogP contribution is 2.16. The molecule has 0 aliphatic carbocycles. The van der Waals surface area contributed by atoms with Gasteiger partial charge in [-0.2, -0.15) is 0 Å². The molecule has 0 bridgehead atoms. The zero-order valence-electron chi connectivity index (χ0n) is 13.1. The molecule has 0 radical (unpaired) electrons. The first kappa shape index (κ1) is 17.3. The summed E-state index contributed by atoms with van der Waals surface area (Å²) in [7, 11) is 0.